The minimum atomic E-state index is -1.06. The summed E-state index contributed by atoms with van der Waals surface area (Å²) in [5.41, 5.74) is 4.42. The molecule has 0 aliphatic carbocycles. The quantitative estimate of drug-likeness (QED) is 0.0888. The lowest BCUT2D eigenvalue weighted by molar-refractivity contribution is -0.137. The number of ketones is 2. The van der Waals surface area contributed by atoms with Gasteiger partial charge in [-0.2, -0.15) is 5.48 Å². The number of benzene rings is 2. The second-order valence-corrected chi connectivity index (χ2v) is 11.1. The second-order valence-electron chi connectivity index (χ2n) is 8.66. The van der Waals surface area contributed by atoms with E-state index in [2.05, 4.69) is 20.8 Å². The Morgan fingerprint density at radius 3 is 1.83 bits per heavy atom. The Hall–Kier alpha value is -4.41. The molecule has 16 heteroatoms. The number of nitrogens with zero attached hydrogens (tertiary/aromatic N) is 2. The van der Waals surface area contributed by atoms with Gasteiger partial charge in [-0.05, 0) is 18.3 Å². The third kappa shape index (κ3) is 7.45. The fraction of sp³-hybridized carbons (Fsp3) is 0.269. The first-order valence-electron chi connectivity index (χ1n) is 12.2. The highest BCUT2D eigenvalue weighted by Gasteiger charge is 2.18. The lowest BCUT2D eigenvalue weighted by Gasteiger charge is -2.14. The number of Topliss-reactive ketones (excluding diaryl/α,β-unsaturated/α-hetero) is 2. The van der Waals surface area contributed by atoms with Gasteiger partial charge in [0.2, 0.25) is 0 Å². The average Bonchev–Trinajstić information content (AvgIpc) is 3.58. The molecule has 220 valence electrons. The number of hydrogen-bond acceptors (Lipinski definition) is 12. The van der Waals surface area contributed by atoms with Crippen LogP contribution < -0.4 is 25.1 Å². The molecule has 4 aromatic rings. The van der Waals surface area contributed by atoms with Crippen molar-refractivity contribution in [2.45, 2.75) is 32.2 Å². The molecule has 2 aromatic carbocycles. The van der Waals surface area contributed by atoms with Crippen LogP contribution in [0.1, 0.15) is 50.9 Å². The van der Waals surface area contributed by atoms with Crippen LogP contribution in [0, 0.1) is 0 Å². The number of carboxylic acids is 2. The molecule has 4 rings (SSSR count). The average molecular weight is 633 g/mol. The summed E-state index contributed by atoms with van der Waals surface area (Å²) in [6.07, 6.45) is -0.823. The van der Waals surface area contributed by atoms with Crippen molar-refractivity contribution < 1.29 is 43.7 Å². The molecule has 0 bridgehead atoms. The highest BCUT2D eigenvalue weighted by molar-refractivity contribution is 7.80. The lowest BCUT2D eigenvalue weighted by atomic mass is 10.2. The van der Waals surface area contributed by atoms with Crippen LogP contribution in [0.3, 0.4) is 0 Å². The number of thiazole rings is 2. The number of nitrogens with one attached hydrogen (secondary N) is 2. The number of carbonyl (C=O) groups excluding carboxylic acids is 2. The molecular formula is C26H24N4O9S3. The Morgan fingerprint density at radius 1 is 0.786 bits per heavy atom. The number of hydrogen-bond donors (Lipinski definition) is 4. The van der Waals surface area contributed by atoms with Crippen molar-refractivity contribution in [1.29, 1.82) is 0 Å². The highest BCUT2D eigenvalue weighted by atomic mass is 32.1. The van der Waals surface area contributed by atoms with Gasteiger partial charge in [0, 0.05) is 43.1 Å². The molecule has 13 nitrogen and oxygen atoms in total. The van der Waals surface area contributed by atoms with Gasteiger partial charge in [0.1, 0.15) is 5.75 Å². The third-order valence-electron chi connectivity index (χ3n) is 5.77. The monoisotopic (exact) mass is 632 g/mol. The Balaban J connectivity index is 1.41. The smallest absolute Gasteiger partial charge is 0.303 e. The van der Waals surface area contributed by atoms with E-state index < -0.39 is 11.9 Å². The van der Waals surface area contributed by atoms with E-state index in [-0.39, 0.29) is 64.7 Å². The molecule has 0 atom stereocenters. The number of thiocarbonyl (C=S) groups is 1. The zero-order valence-electron chi connectivity index (χ0n) is 22.2. The van der Waals surface area contributed by atoms with Crippen LogP contribution >= 0.6 is 34.9 Å². The molecule has 4 N–H and O–H groups in total. The second kappa shape index (κ2) is 13.5. The van der Waals surface area contributed by atoms with E-state index in [1.165, 1.54) is 25.6 Å². The molecule has 0 spiro atoms. The molecule has 0 aliphatic rings. The summed E-state index contributed by atoms with van der Waals surface area (Å²) in [4.78, 5) is 60.4. The number of aromatic nitrogens is 2. The summed E-state index contributed by atoms with van der Waals surface area (Å²) in [5.74, 6) is -1.68. The van der Waals surface area contributed by atoms with Crippen molar-refractivity contribution in [2.75, 3.05) is 14.2 Å². The summed E-state index contributed by atoms with van der Waals surface area (Å²) in [6, 6.07) is 6.74. The van der Waals surface area contributed by atoms with Gasteiger partial charge in [0.25, 0.3) is 0 Å². The highest BCUT2D eigenvalue weighted by Crippen LogP contribution is 2.35. The van der Waals surface area contributed by atoms with Gasteiger partial charge in [-0.1, -0.05) is 0 Å². The number of fused-ring (bicyclic) bond motifs is 2. The number of hydroxylamine groups is 1. The van der Waals surface area contributed by atoms with Crippen molar-refractivity contribution in [3.63, 3.8) is 0 Å². The maximum Gasteiger partial charge on any atom is 0.303 e. The predicted octanol–water partition coefficient (Wildman–Crippen LogP) is 3.98. The van der Waals surface area contributed by atoms with Crippen LogP contribution in [0.4, 0.5) is 0 Å². The van der Waals surface area contributed by atoms with Gasteiger partial charge in [-0.25, -0.2) is 9.97 Å². The van der Waals surface area contributed by atoms with E-state index >= 15 is 0 Å². The van der Waals surface area contributed by atoms with Crippen LogP contribution in [0.5, 0.6) is 17.2 Å². The fourth-order valence-corrected chi connectivity index (χ4v) is 5.74. The van der Waals surface area contributed by atoms with Crippen LogP contribution in [0.15, 0.2) is 24.3 Å². The van der Waals surface area contributed by atoms with Crippen LogP contribution in [0.2, 0.25) is 0 Å². The van der Waals surface area contributed by atoms with Crippen molar-refractivity contribution in [3.05, 3.63) is 39.8 Å². The number of carbonyl (C=O) groups is 4. The van der Waals surface area contributed by atoms with Gasteiger partial charge >= 0.3 is 11.9 Å². The van der Waals surface area contributed by atoms with Crippen LogP contribution in [-0.2, 0) is 16.1 Å². The van der Waals surface area contributed by atoms with E-state index in [0.717, 1.165) is 21.6 Å². The normalized spacial score (nSPS) is 10.8. The molecule has 0 amide bonds. The minimum Gasteiger partial charge on any atom is -0.496 e. The molecule has 0 saturated heterocycles. The standard InChI is InChI=1S/C26H24N4O9S3/c1-37-17-8-13-20(41-24(28-13)15(31)3-5-22(33)34)7-12(17)11-27-26(40)30-39-19-10-21-14(9-18(19)38-2)29-25(42-21)16(32)4-6-23(35)36/h7-10H,3-6,11H2,1-2H3,(H,33,34)(H,35,36)(H2,27,30,40). The topological polar surface area (TPSA) is 186 Å². The number of methoxy groups -OCH3 is 2. The van der Waals surface area contributed by atoms with Crippen molar-refractivity contribution in [1.82, 2.24) is 20.8 Å². The molecule has 2 heterocycles. The number of ether oxygens (including phenoxy) is 2. The van der Waals surface area contributed by atoms with Crippen LogP contribution in [0.25, 0.3) is 20.4 Å². The van der Waals surface area contributed by atoms with Gasteiger partial charge in [0.15, 0.2) is 38.2 Å². The van der Waals surface area contributed by atoms with Crippen molar-refractivity contribution in [2.24, 2.45) is 0 Å². The zero-order chi connectivity index (χ0) is 30.4. The zero-order valence-corrected chi connectivity index (χ0v) is 24.7. The molecule has 0 aliphatic heterocycles. The van der Waals surface area contributed by atoms with Gasteiger partial charge in [-0.15, -0.1) is 22.7 Å². The molecular weight excluding hydrogens is 609 g/mol. The number of rotatable bonds is 14. The van der Waals surface area contributed by atoms with E-state index in [1.54, 1.807) is 18.2 Å². The Bertz CT molecular complexity index is 1580. The first-order valence-corrected chi connectivity index (χ1v) is 14.3. The Labute approximate surface area is 251 Å². The molecule has 0 fully saturated rings. The van der Waals surface area contributed by atoms with E-state index in [1.807, 2.05) is 6.07 Å². The summed E-state index contributed by atoms with van der Waals surface area (Å²) >= 11 is 7.63. The summed E-state index contributed by atoms with van der Waals surface area (Å²) in [7, 11) is 2.95. The predicted molar refractivity (Wildman–Crippen MR) is 158 cm³/mol. The lowest BCUT2D eigenvalue weighted by Crippen LogP contribution is -2.37. The minimum absolute atomic E-state index is 0.132. The van der Waals surface area contributed by atoms with E-state index in [9.17, 15) is 19.2 Å². The maximum atomic E-state index is 12.3. The Morgan fingerprint density at radius 2 is 1.31 bits per heavy atom. The van der Waals surface area contributed by atoms with E-state index in [0.29, 0.717) is 27.2 Å². The van der Waals surface area contributed by atoms with Crippen LogP contribution in [-0.4, -0.2) is 63.0 Å². The summed E-state index contributed by atoms with van der Waals surface area (Å²) in [6.45, 7) is 0.237. The number of aliphatic carboxylic acids is 2. The largest absolute Gasteiger partial charge is 0.496 e. The van der Waals surface area contributed by atoms with Gasteiger partial charge in [0.05, 0.1) is 47.5 Å². The first kappa shape index (κ1) is 30.5. The summed E-state index contributed by atoms with van der Waals surface area (Å²) < 4.78 is 12.2. The molecule has 0 unspecified atom stereocenters. The maximum absolute atomic E-state index is 12.3. The summed E-state index contributed by atoms with van der Waals surface area (Å²) in [5, 5.41) is 21.2. The fourth-order valence-electron chi connectivity index (χ4n) is 3.71. The molecule has 0 radical (unpaired) electrons. The SMILES string of the molecule is COc1cc2nc(C(=O)CCC(=O)O)sc2cc1CNC(=S)NOc1cc2sc(C(=O)CCC(=O)O)nc2cc1OC. The first-order chi connectivity index (χ1) is 20.1. The van der Waals surface area contributed by atoms with Crippen molar-refractivity contribution in [3.8, 4) is 17.2 Å². The number of carboxylic acid groups (broad SMARTS) is 2. The van der Waals surface area contributed by atoms with Gasteiger partial charge < -0.3 is 29.8 Å². The Kier molecular flexibility index (Phi) is 9.82. The van der Waals surface area contributed by atoms with Gasteiger partial charge in [-0.3, -0.25) is 19.2 Å². The van der Waals surface area contributed by atoms with E-state index in [4.69, 9.17) is 36.7 Å². The molecule has 42 heavy (non-hydrogen) atoms. The molecule has 0 saturated carbocycles. The van der Waals surface area contributed by atoms with Crippen molar-refractivity contribution >= 4 is 83.9 Å². The third-order valence-corrected chi connectivity index (χ3v) is 8.11. The molecule has 2 aromatic heterocycles.